The van der Waals surface area contributed by atoms with Crippen LogP contribution in [0.1, 0.15) is 0 Å². The average Bonchev–Trinajstić information content (AvgIpc) is 2.76. The molecule has 0 aliphatic carbocycles. The van der Waals surface area contributed by atoms with Crippen LogP contribution in [0.5, 0.6) is 23.0 Å². The fraction of sp³-hybridized carbons (Fsp3) is 0.0909. The van der Waals surface area contributed by atoms with E-state index < -0.39 is 11.8 Å². The van der Waals surface area contributed by atoms with Crippen molar-refractivity contribution in [2.75, 3.05) is 24.9 Å². The minimum atomic E-state index is -0.821. The maximum absolute atomic E-state index is 12.2. The molecule has 7 heteroatoms. The molecule has 0 fully saturated rings. The quantitative estimate of drug-likeness (QED) is 0.618. The third-order valence-corrected chi connectivity index (χ3v) is 3.95. The maximum Gasteiger partial charge on any atom is 0.314 e. The van der Waals surface area contributed by atoms with Crippen LogP contribution in [0.3, 0.4) is 0 Å². The molecule has 0 heterocycles. The molecule has 0 bridgehead atoms. The van der Waals surface area contributed by atoms with Gasteiger partial charge in [-0.3, -0.25) is 9.59 Å². The highest BCUT2D eigenvalue weighted by Crippen LogP contribution is 2.29. The van der Waals surface area contributed by atoms with Crippen LogP contribution in [0.4, 0.5) is 11.4 Å². The number of anilines is 2. The lowest BCUT2D eigenvalue weighted by molar-refractivity contribution is -0.133. The summed E-state index contributed by atoms with van der Waals surface area (Å²) in [5.41, 5.74) is 0.826. The van der Waals surface area contributed by atoms with Crippen molar-refractivity contribution in [3.63, 3.8) is 0 Å². The Labute approximate surface area is 168 Å². The van der Waals surface area contributed by atoms with Crippen LogP contribution in [-0.2, 0) is 9.59 Å². The van der Waals surface area contributed by atoms with E-state index in [9.17, 15) is 9.59 Å². The Kier molecular flexibility index (Phi) is 6.32. The molecule has 29 heavy (non-hydrogen) atoms. The summed E-state index contributed by atoms with van der Waals surface area (Å²) < 4.78 is 16.0. The largest absolute Gasteiger partial charge is 0.497 e. The van der Waals surface area contributed by atoms with Gasteiger partial charge < -0.3 is 24.8 Å². The summed E-state index contributed by atoms with van der Waals surface area (Å²) in [7, 11) is 2.99. The van der Waals surface area contributed by atoms with Gasteiger partial charge in [-0.05, 0) is 48.5 Å². The zero-order valence-electron chi connectivity index (χ0n) is 16.0. The van der Waals surface area contributed by atoms with E-state index >= 15 is 0 Å². The molecule has 0 radical (unpaired) electrons. The molecule has 0 unspecified atom stereocenters. The Hall–Kier alpha value is -4.00. The minimum Gasteiger partial charge on any atom is -0.497 e. The van der Waals surface area contributed by atoms with Gasteiger partial charge in [0.2, 0.25) is 0 Å². The first-order chi connectivity index (χ1) is 14.1. The molecule has 0 aromatic heterocycles. The summed E-state index contributed by atoms with van der Waals surface area (Å²) in [6.45, 7) is 0. The van der Waals surface area contributed by atoms with Crippen molar-refractivity contribution in [2.24, 2.45) is 0 Å². The van der Waals surface area contributed by atoms with E-state index in [1.54, 1.807) is 42.5 Å². The van der Waals surface area contributed by atoms with Gasteiger partial charge in [0.05, 0.1) is 19.9 Å². The number of carbonyl (C=O) groups excluding carboxylic acids is 2. The van der Waals surface area contributed by atoms with Gasteiger partial charge in [-0.2, -0.15) is 0 Å². The third-order valence-electron chi connectivity index (χ3n) is 3.95. The van der Waals surface area contributed by atoms with Crippen molar-refractivity contribution < 1.29 is 23.8 Å². The van der Waals surface area contributed by atoms with Crippen LogP contribution in [0.2, 0.25) is 0 Å². The fourth-order valence-corrected chi connectivity index (χ4v) is 2.50. The van der Waals surface area contributed by atoms with E-state index in [-0.39, 0.29) is 0 Å². The third kappa shape index (κ3) is 5.26. The van der Waals surface area contributed by atoms with Crippen molar-refractivity contribution in [3.05, 3.63) is 72.8 Å². The Balaban J connectivity index is 1.60. The second kappa shape index (κ2) is 9.27. The first-order valence-corrected chi connectivity index (χ1v) is 8.76. The van der Waals surface area contributed by atoms with Gasteiger partial charge in [0.25, 0.3) is 0 Å². The van der Waals surface area contributed by atoms with Gasteiger partial charge in [-0.15, -0.1) is 0 Å². The highest BCUT2D eigenvalue weighted by molar-refractivity contribution is 6.43. The van der Waals surface area contributed by atoms with Crippen molar-refractivity contribution in [3.8, 4) is 23.0 Å². The molecule has 0 aliphatic heterocycles. The molecule has 3 aromatic carbocycles. The molecule has 7 nitrogen and oxygen atoms in total. The standard InChI is InChI=1S/C22H20N2O5/c1-27-18-12-13-19(20(14-18)28-2)24-22(26)21(25)23-15-8-10-17(11-9-15)29-16-6-4-3-5-7-16/h3-14H,1-2H3,(H,23,25)(H,24,26). The SMILES string of the molecule is COc1ccc(NC(=O)C(=O)Nc2ccc(Oc3ccccc3)cc2)c(OC)c1. The zero-order chi connectivity index (χ0) is 20.6. The van der Waals surface area contributed by atoms with E-state index in [1.807, 2.05) is 30.3 Å². The van der Waals surface area contributed by atoms with Gasteiger partial charge in [-0.1, -0.05) is 18.2 Å². The predicted molar refractivity (Wildman–Crippen MR) is 110 cm³/mol. The lowest BCUT2D eigenvalue weighted by Crippen LogP contribution is -2.29. The molecule has 0 aliphatic rings. The number of methoxy groups -OCH3 is 2. The van der Waals surface area contributed by atoms with E-state index in [2.05, 4.69) is 10.6 Å². The van der Waals surface area contributed by atoms with Gasteiger partial charge in [-0.25, -0.2) is 0 Å². The van der Waals surface area contributed by atoms with Crippen molar-refractivity contribution >= 4 is 23.2 Å². The summed E-state index contributed by atoms with van der Waals surface area (Å²) >= 11 is 0. The lowest BCUT2D eigenvalue weighted by Gasteiger charge is -2.12. The van der Waals surface area contributed by atoms with Crippen LogP contribution >= 0.6 is 0 Å². The van der Waals surface area contributed by atoms with Gasteiger partial charge in [0.1, 0.15) is 23.0 Å². The van der Waals surface area contributed by atoms with Crippen molar-refractivity contribution in [1.29, 1.82) is 0 Å². The van der Waals surface area contributed by atoms with Crippen molar-refractivity contribution in [1.82, 2.24) is 0 Å². The summed E-state index contributed by atoms with van der Waals surface area (Å²) in [6, 6.07) is 20.9. The number of benzene rings is 3. The highest BCUT2D eigenvalue weighted by Gasteiger charge is 2.16. The number of ether oxygens (including phenoxy) is 3. The highest BCUT2D eigenvalue weighted by atomic mass is 16.5. The molecule has 2 amide bonds. The van der Waals surface area contributed by atoms with Gasteiger partial charge in [0.15, 0.2) is 0 Å². The molecule has 0 saturated heterocycles. The second-order valence-electron chi connectivity index (χ2n) is 5.91. The van der Waals surface area contributed by atoms with E-state index in [1.165, 1.54) is 14.2 Å². The molecular formula is C22H20N2O5. The number of nitrogens with one attached hydrogen (secondary N) is 2. The van der Waals surface area contributed by atoms with Crippen molar-refractivity contribution in [2.45, 2.75) is 0 Å². The normalized spacial score (nSPS) is 10.0. The number of hydrogen-bond acceptors (Lipinski definition) is 5. The summed E-state index contributed by atoms with van der Waals surface area (Å²) in [5.74, 6) is 0.645. The molecule has 0 spiro atoms. The molecular weight excluding hydrogens is 372 g/mol. The minimum absolute atomic E-state index is 0.361. The Morgan fingerprint density at radius 2 is 1.31 bits per heavy atom. The second-order valence-corrected chi connectivity index (χ2v) is 5.91. The average molecular weight is 392 g/mol. The molecule has 148 valence electrons. The van der Waals surface area contributed by atoms with Crippen LogP contribution < -0.4 is 24.8 Å². The smallest absolute Gasteiger partial charge is 0.314 e. The Morgan fingerprint density at radius 3 is 1.97 bits per heavy atom. The molecule has 2 N–H and O–H groups in total. The van der Waals surface area contributed by atoms with Crippen LogP contribution in [0.15, 0.2) is 72.8 Å². The lowest BCUT2D eigenvalue weighted by atomic mass is 10.2. The Morgan fingerprint density at radius 1 is 0.690 bits per heavy atom. The number of para-hydroxylation sites is 1. The zero-order valence-corrected chi connectivity index (χ0v) is 16.0. The monoisotopic (exact) mass is 392 g/mol. The fourth-order valence-electron chi connectivity index (χ4n) is 2.50. The number of amides is 2. The summed E-state index contributed by atoms with van der Waals surface area (Å²) in [6.07, 6.45) is 0. The summed E-state index contributed by atoms with van der Waals surface area (Å²) in [5, 5.41) is 5.06. The topological polar surface area (TPSA) is 85.9 Å². The number of hydrogen-bond donors (Lipinski definition) is 2. The van der Waals surface area contributed by atoms with Crippen LogP contribution in [0, 0.1) is 0 Å². The van der Waals surface area contributed by atoms with Crippen LogP contribution in [0.25, 0.3) is 0 Å². The predicted octanol–water partition coefficient (Wildman–Crippen LogP) is 4.07. The first kappa shape index (κ1) is 19.8. The van der Waals surface area contributed by atoms with E-state index in [4.69, 9.17) is 14.2 Å². The molecule has 0 atom stereocenters. The molecule has 0 saturated carbocycles. The molecule has 3 aromatic rings. The van der Waals surface area contributed by atoms with Gasteiger partial charge in [0, 0.05) is 11.8 Å². The number of carbonyl (C=O) groups is 2. The maximum atomic E-state index is 12.2. The Bertz CT molecular complexity index is 988. The first-order valence-electron chi connectivity index (χ1n) is 8.76. The summed E-state index contributed by atoms with van der Waals surface area (Å²) in [4.78, 5) is 24.4. The number of rotatable bonds is 6. The van der Waals surface area contributed by atoms with Gasteiger partial charge >= 0.3 is 11.8 Å². The van der Waals surface area contributed by atoms with Crippen LogP contribution in [-0.4, -0.2) is 26.0 Å². The van der Waals surface area contributed by atoms with E-state index in [0.29, 0.717) is 34.4 Å². The van der Waals surface area contributed by atoms with E-state index in [0.717, 1.165) is 0 Å². The molecule has 3 rings (SSSR count).